The normalized spacial score (nSPS) is 22.0. The molecule has 1 aliphatic heterocycles. The van der Waals surface area contributed by atoms with Crippen LogP contribution in [0.5, 0.6) is 0 Å². The van der Waals surface area contributed by atoms with Gasteiger partial charge in [0.1, 0.15) is 17.4 Å². The Labute approximate surface area is 152 Å². The zero-order valence-corrected chi connectivity index (χ0v) is 14.8. The summed E-state index contributed by atoms with van der Waals surface area (Å²) in [6, 6.07) is 8.22. The fourth-order valence-corrected chi connectivity index (χ4v) is 3.85. The smallest absolute Gasteiger partial charge is 0.332 e. The summed E-state index contributed by atoms with van der Waals surface area (Å²) in [5.41, 5.74) is 8.40. The Bertz CT molecular complexity index is 751. The van der Waals surface area contributed by atoms with Gasteiger partial charge in [0.25, 0.3) is 5.91 Å². The van der Waals surface area contributed by atoms with Gasteiger partial charge in [-0.25, -0.2) is 10.2 Å². The highest BCUT2D eigenvalue weighted by Crippen LogP contribution is 2.41. The molecule has 1 saturated carbocycles. The molecule has 1 heterocycles. The number of aliphatic hydroxyl groups is 1. The number of hydrogen-bond donors (Lipinski definition) is 3. The third-order valence-corrected chi connectivity index (χ3v) is 5.02. The standard InChI is InChI=1S/C19H24N4O3/c1-12(21-22-19(20)26)15-17(24)16(13-8-4-2-5-9-13)23(18(15)25)14-10-6-3-7-11-14/h2,4-5,8-9,14,16,24H,3,6-7,10-11H2,1H3,(H3,20,22,26)/b21-12+. The lowest BCUT2D eigenvalue weighted by atomic mass is 9.92. The van der Waals surface area contributed by atoms with Crippen LogP contribution in [0.1, 0.15) is 50.6 Å². The molecular weight excluding hydrogens is 332 g/mol. The minimum absolute atomic E-state index is 0.0284. The molecule has 7 heteroatoms. The van der Waals surface area contributed by atoms with Crippen LogP contribution in [0, 0.1) is 0 Å². The van der Waals surface area contributed by atoms with Crippen molar-refractivity contribution < 1.29 is 14.7 Å². The number of primary amides is 1. The van der Waals surface area contributed by atoms with Crippen molar-refractivity contribution in [1.29, 1.82) is 0 Å². The summed E-state index contributed by atoms with van der Waals surface area (Å²) >= 11 is 0. The summed E-state index contributed by atoms with van der Waals surface area (Å²) < 4.78 is 0. The molecule has 1 atom stereocenters. The molecule has 2 aliphatic rings. The molecule has 1 unspecified atom stereocenters. The van der Waals surface area contributed by atoms with Gasteiger partial charge in [-0.15, -0.1) is 0 Å². The number of carbonyl (C=O) groups is 2. The lowest BCUT2D eigenvalue weighted by Crippen LogP contribution is -2.41. The Morgan fingerprint density at radius 1 is 1.23 bits per heavy atom. The number of nitrogens with one attached hydrogen (secondary N) is 1. The van der Waals surface area contributed by atoms with Gasteiger partial charge in [0.2, 0.25) is 0 Å². The fraction of sp³-hybridized carbons (Fsp3) is 0.421. The van der Waals surface area contributed by atoms with Gasteiger partial charge in [-0.05, 0) is 25.3 Å². The van der Waals surface area contributed by atoms with E-state index in [9.17, 15) is 14.7 Å². The van der Waals surface area contributed by atoms with E-state index in [4.69, 9.17) is 5.73 Å². The lowest BCUT2D eigenvalue weighted by Gasteiger charge is -2.36. The van der Waals surface area contributed by atoms with Crippen molar-refractivity contribution in [1.82, 2.24) is 10.3 Å². The van der Waals surface area contributed by atoms with E-state index in [1.807, 2.05) is 30.3 Å². The lowest BCUT2D eigenvalue weighted by molar-refractivity contribution is -0.130. The second-order valence-electron chi connectivity index (χ2n) is 6.75. The van der Waals surface area contributed by atoms with E-state index < -0.39 is 12.1 Å². The molecule has 0 bridgehead atoms. The highest BCUT2D eigenvalue weighted by Gasteiger charge is 2.44. The van der Waals surface area contributed by atoms with Gasteiger partial charge in [0.05, 0.1) is 5.71 Å². The maximum Gasteiger partial charge on any atom is 0.332 e. The number of benzene rings is 1. The molecule has 0 aromatic heterocycles. The first-order chi connectivity index (χ1) is 12.5. The maximum atomic E-state index is 13.2. The molecule has 0 saturated heterocycles. The van der Waals surface area contributed by atoms with Gasteiger partial charge in [0, 0.05) is 6.04 Å². The molecule has 0 spiro atoms. The summed E-state index contributed by atoms with van der Waals surface area (Å²) in [5, 5.41) is 14.7. The van der Waals surface area contributed by atoms with Crippen molar-refractivity contribution in [3.63, 3.8) is 0 Å². The van der Waals surface area contributed by atoms with Crippen LogP contribution in [0.4, 0.5) is 4.79 Å². The van der Waals surface area contributed by atoms with Crippen molar-refractivity contribution >= 4 is 17.6 Å². The number of aliphatic hydroxyl groups excluding tert-OH is 1. The van der Waals surface area contributed by atoms with Gasteiger partial charge >= 0.3 is 6.03 Å². The monoisotopic (exact) mass is 356 g/mol. The number of nitrogens with two attached hydrogens (primary N) is 1. The Kier molecular flexibility index (Phi) is 5.25. The van der Waals surface area contributed by atoms with E-state index in [1.165, 1.54) is 6.42 Å². The number of urea groups is 1. The first kappa shape index (κ1) is 18.0. The molecular formula is C19H24N4O3. The van der Waals surface area contributed by atoms with E-state index in [0.717, 1.165) is 31.2 Å². The van der Waals surface area contributed by atoms with Crippen LogP contribution >= 0.6 is 0 Å². The van der Waals surface area contributed by atoms with Crippen LogP contribution in [0.2, 0.25) is 0 Å². The van der Waals surface area contributed by atoms with Crippen LogP contribution in [-0.4, -0.2) is 33.7 Å². The number of amides is 3. The first-order valence-corrected chi connectivity index (χ1v) is 8.91. The third kappa shape index (κ3) is 3.42. The number of hydrazone groups is 1. The SMILES string of the molecule is C/C(=N\NC(N)=O)C1=C(O)C(c2ccccc2)N(C2CCCCC2)C1=O. The van der Waals surface area contributed by atoms with E-state index in [1.54, 1.807) is 11.8 Å². The molecule has 0 radical (unpaired) electrons. The van der Waals surface area contributed by atoms with Gasteiger partial charge in [-0.1, -0.05) is 49.6 Å². The van der Waals surface area contributed by atoms with Crippen LogP contribution in [0.25, 0.3) is 0 Å². The average molecular weight is 356 g/mol. The Hall–Kier alpha value is -2.83. The molecule has 1 aromatic carbocycles. The topological polar surface area (TPSA) is 108 Å². The summed E-state index contributed by atoms with van der Waals surface area (Å²) in [7, 11) is 0. The van der Waals surface area contributed by atoms with Crippen LogP contribution < -0.4 is 11.2 Å². The third-order valence-electron chi connectivity index (χ3n) is 5.02. The van der Waals surface area contributed by atoms with Crippen molar-refractivity contribution in [2.45, 2.75) is 51.1 Å². The summed E-state index contributed by atoms with van der Waals surface area (Å²) in [6.45, 7) is 1.58. The second kappa shape index (κ2) is 7.59. The number of hydrogen-bond acceptors (Lipinski definition) is 4. The first-order valence-electron chi connectivity index (χ1n) is 8.91. The molecule has 1 aromatic rings. The zero-order chi connectivity index (χ0) is 18.7. The molecule has 138 valence electrons. The van der Waals surface area contributed by atoms with Gasteiger partial charge < -0.3 is 15.7 Å². The Morgan fingerprint density at radius 2 is 1.88 bits per heavy atom. The van der Waals surface area contributed by atoms with Crippen molar-refractivity contribution in [3.05, 3.63) is 47.2 Å². The Morgan fingerprint density at radius 3 is 2.50 bits per heavy atom. The quantitative estimate of drug-likeness (QED) is 0.570. The summed E-state index contributed by atoms with van der Waals surface area (Å²) in [6.07, 6.45) is 5.16. The summed E-state index contributed by atoms with van der Waals surface area (Å²) in [5.74, 6) is -0.282. The highest BCUT2D eigenvalue weighted by molar-refractivity contribution is 6.22. The van der Waals surface area contributed by atoms with Gasteiger partial charge in [0.15, 0.2) is 0 Å². The Balaban J connectivity index is 2.01. The van der Waals surface area contributed by atoms with Crippen molar-refractivity contribution in [3.8, 4) is 0 Å². The molecule has 4 N–H and O–H groups in total. The molecule has 3 rings (SSSR count). The van der Waals surface area contributed by atoms with Gasteiger partial charge in [-0.3, -0.25) is 4.79 Å². The predicted octanol–water partition coefficient (Wildman–Crippen LogP) is 2.76. The van der Waals surface area contributed by atoms with Crippen molar-refractivity contribution in [2.24, 2.45) is 10.8 Å². The fourth-order valence-electron chi connectivity index (χ4n) is 3.85. The molecule has 7 nitrogen and oxygen atoms in total. The molecule has 3 amide bonds. The number of rotatable bonds is 4. The largest absolute Gasteiger partial charge is 0.509 e. The molecule has 1 aliphatic carbocycles. The predicted molar refractivity (Wildman–Crippen MR) is 98.4 cm³/mol. The average Bonchev–Trinajstić information content (AvgIpc) is 2.91. The zero-order valence-electron chi connectivity index (χ0n) is 14.8. The number of nitrogens with zero attached hydrogens (tertiary/aromatic N) is 2. The van der Waals surface area contributed by atoms with Crippen LogP contribution in [0.15, 0.2) is 46.8 Å². The molecule has 26 heavy (non-hydrogen) atoms. The second-order valence-corrected chi connectivity index (χ2v) is 6.75. The van der Waals surface area contributed by atoms with Gasteiger partial charge in [-0.2, -0.15) is 5.10 Å². The van der Waals surface area contributed by atoms with E-state index in [2.05, 4.69) is 10.5 Å². The van der Waals surface area contributed by atoms with Crippen LogP contribution in [0.3, 0.4) is 0 Å². The minimum Gasteiger partial charge on any atom is -0.509 e. The molecule has 1 fully saturated rings. The van der Waals surface area contributed by atoms with E-state index in [0.29, 0.717) is 0 Å². The van der Waals surface area contributed by atoms with E-state index >= 15 is 0 Å². The van der Waals surface area contributed by atoms with Crippen LogP contribution in [-0.2, 0) is 4.79 Å². The summed E-state index contributed by atoms with van der Waals surface area (Å²) in [4.78, 5) is 25.9. The van der Waals surface area contributed by atoms with Crippen molar-refractivity contribution in [2.75, 3.05) is 0 Å². The minimum atomic E-state index is -0.821. The number of carbonyl (C=O) groups excluding carboxylic acids is 2. The maximum absolute atomic E-state index is 13.2. The van der Waals surface area contributed by atoms with E-state index in [-0.39, 0.29) is 29.0 Å². The highest BCUT2D eigenvalue weighted by atomic mass is 16.3.